The van der Waals surface area contributed by atoms with Crippen LogP contribution in [0.5, 0.6) is 0 Å². The van der Waals surface area contributed by atoms with E-state index in [0.29, 0.717) is 12.2 Å². The molecule has 1 aromatic heterocycles. The Bertz CT molecular complexity index is 448. The van der Waals surface area contributed by atoms with E-state index < -0.39 is 0 Å². The molecule has 0 spiro atoms. The molecule has 0 saturated heterocycles. The third-order valence-electron chi connectivity index (χ3n) is 3.61. The lowest BCUT2D eigenvalue weighted by molar-refractivity contribution is -0.120. The van der Waals surface area contributed by atoms with Gasteiger partial charge in [0.2, 0.25) is 0 Å². The van der Waals surface area contributed by atoms with Crippen molar-refractivity contribution in [1.82, 2.24) is 10.3 Å². The molecule has 0 aromatic carbocycles. The number of hydrogen-bond donors (Lipinski definition) is 1. The number of rotatable bonds is 4. The third kappa shape index (κ3) is 3.87. The summed E-state index contributed by atoms with van der Waals surface area (Å²) < 4.78 is 0. The third-order valence-corrected chi connectivity index (χ3v) is 3.61. The smallest absolute Gasteiger partial charge is 0.143 e. The van der Waals surface area contributed by atoms with Crippen molar-refractivity contribution < 1.29 is 4.79 Å². The zero-order valence-electron chi connectivity index (χ0n) is 12.2. The van der Waals surface area contributed by atoms with Crippen LogP contribution in [0.25, 0.3) is 0 Å². The molecular weight excluding hydrogens is 236 g/mol. The minimum atomic E-state index is 0.0201. The second-order valence-electron chi connectivity index (χ2n) is 6.39. The molecule has 1 N–H and O–H groups in total. The predicted octanol–water partition coefficient (Wildman–Crippen LogP) is 2.85. The van der Waals surface area contributed by atoms with Crippen molar-refractivity contribution in [3.05, 3.63) is 29.6 Å². The van der Waals surface area contributed by atoms with Crippen molar-refractivity contribution in [2.75, 3.05) is 6.54 Å². The van der Waals surface area contributed by atoms with Crippen LogP contribution in [0.3, 0.4) is 0 Å². The summed E-state index contributed by atoms with van der Waals surface area (Å²) in [5, 5.41) is 3.37. The van der Waals surface area contributed by atoms with E-state index in [4.69, 9.17) is 0 Å². The second-order valence-corrected chi connectivity index (χ2v) is 6.39. The van der Waals surface area contributed by atoms with E-state index in [0.717, 1.165) is 31.5 Å². The minimum absolute atomic E-state index is 0.0201. The molecule has 1 heterocycles. The van der Waals surface area contributed by atoms with E-state index in [9.17, 15) is 4.79 Å². The molecule has 3 heteroatoms. The number of fused-ring (bicyclic) bond motifs is 1. The zero-order valence-corrected chi connectivity index (χ0v) is 12.2. The topological polar surface area (TPSA) is 42.0 Å². The van der Waals surface area contributed by atoms with Crippen LogP contribution in [0, 0.1) is 0 Å². The van der Waals surface area contributed by atoms with Crippen molar-refractivity contribution >= 4 is 5.78 Å². The van der Waals surface area contributed by atoms with Gasteiger partial charge < -0.3 is 5.32 Å². The summed E-state index contributed by atoms with van der Waals surface area (Å²) in [6.45, 7) is 7.11. The maximum absolute atomic E-state index is 12.4. The van der Waals surface area contributed by atoms with Crippen molar-refractivity contribution in [2.45, 2.75) is 57.9 Å². The molecule has 19 heavy (non-hydrogen) atoms. The molecule has 1 aliphatic rings. The van der Waals surface area contributed by atoms with Crippen LogP contribution < -0.4 is 5.32 Å². The van der Waals surface area contributed by atoms with Gasteiger partial charge in [0.1, 0.15) is 5.78 Å². The minimum Gasteiger partial charge on any atom is -0.312 e. The number of Topliss-reactive ketones (excluding diaryl/α,β-unsaturated/α-hetero) is 1. The lowest BCUT2D eigenvalue weighted by Crippen LogP contribution is -2.37. The van der Waals surface area contributed by atoms with E-state index in [1.807, 2.05) is 6.07 Å². The largest absolute Gasteiger partial charge is 0.312 e. The Balaban J connectivity index is 1.97. The summed E-state index contributed by atoms with van der Waals surface area (Å²) >= 11 is 0. The fraction of sp³-hybridized carbons (Fsp3) is 0.625. The van der Waals surface area contributed by atoms with Crippen LogP contribution in [0.15, 0.2) is 18.3 Å². The van der Waals surface area contributed by atoms with Crippen LogP contribution in [0.1, 0.15) is 57.2 Å². The van der Waals surface area contributed by atoms with Crippen LogP contribution in [-0.4, -0.2) is 22.9 Å². The first kappa shape index (κ1) is 14.2. The van der Waals surface area contributed by atoms with Gasteiger partial charge in [-0.25, -0.2) is 0 Å². The van der Waals surface area contributed by atoms with Gasteiger partial charge in [-0.2, -0.15) is 0 Å². The summed E-state index contributed by atoms with van der Waals surface area (Å²) in [4.78, 5) is 16.8. The zero-order chi connectivity index (χ0) is 13.9. The molecule has 104 valence electrons. The SMILES string of the molecule is CC(C)(C)NCCC(=O)C1CCCc2cccnc21. The Morgan fingerprint density at radius 3 is 3.00 bits per heavy atom. The fourth-order valence-electron chi connectivity index (χ4n) is 2.66. The lowest BCUT2D eigenvalue weighted by Gasteiger charge is -2.24. The average molecular weight is 260 g/mol. The van der Waals surface area contributed by atoms with Crippen LogP contribution in [0.4, 0.5) is 0 Å². The molecule has 1 aliphatic carbocycles. The standard InChI is InChI=1S/C16H24N2O/c1-16(2,3)18-11-9-14(19)13-8-4-6-12-7-5-10-17-15(12)13/h5,7,10,13,18H,4,6,8-9,11H2,1-3H3. The molecule has 0 aliphatic heterocycles. The first-order valence-corrected chi connectivity index (χ1v) is 7.19. The molecule has 1 aromatic rings. The highest BCUT2D eigenvalue weighted by Gasteiger charge is 2.27. The first-order chi connectivity index (χ1) is 8.97. The highest BCUT2D eigenvalue weighted by molar-refractivity contribution is 5.86. The van der Waals surface area contributed by atoms with Gasteiger partial charge in [-0.05, 0) is 51.7 Å². The molecular formula is C16H24N2O. The van der Waals surface area contributed by atoms with Crippen LogP contribution >= 0.6 is 0 Å². The van der Waals surface area contributed by atoms with Gasteiger partial charge >= 0.3 is 0 Å². The first-order valence-electron chi connectivity index (χ1n) is 7.19. The van der Waals surface area contributed by atoms with E-state index >= 15 is 0 Å². The van der Waals surface area contributed by atoms with Gasteiger partial charge in [0, 0.05) is 24.7 Å². The van der Waals surface area contributed by atoms with Crippen molar-refractivity contribution in [3.63, 3.8) is 0 Å². The summed E-state index contributed by atoms with van der Waals surface area (Å²) in [5.41, 5.74) is 2.36. The molecule has 0 radical (unpaired) electrons. The molecule has 0 amide bonds. The summed E-state index contributed by atoms with van der Waals surface area (Å²) in [7, 11) is 0. The van der Waals surface area contributed by atoms with Crippen LogP contribution in [-0.2, 0) is 11.2 Å². The molecule has 1 unspecified atom stereocenters. The molecule has 0 fully saturated rings. The van der Waals surface area contributed by atoms with Crippen molar-refractivity contribution in [3.8, 4) is 0 Å². The van der Waals surface area contributed by atoms with Gasteiger partial charge in [0.25, 0.3) is 0 Å². The maximum Gasteiger partial charge on any atom is 0.143 e. The molecule has 0 saturated carbocycles. The number of aromatic nitrogens is 1. The number of carbonyl (C=O) groups is 1. The number of carbonyl (C=O) groups excluding carboxylic acids is 1. The number of nitrogens with one attached hydrogen (secondary N) is 1. The predicted molar refractivity (Wildman–Crippen MR) is 77.3 cm³/mol. The van der Waals surface area contributed by atoms with Gasteiger partial charge in [-0.15, -0.1) is 0 Å². The Morgan fingerprint density at radius 1 is 1.47 bits per heavy atom. The normalized spacial score (nSPS) is 19.0. The van der Waals surface area contributed by atoms with E-state index in [1.165, 1.54) is 5.56 Å². The maximum atomic E-state index is 12.4. The van der Waals surface area contributed by atoms with Gasteiger partial charge in [-0.1, -0.05) is 6.07 Å². The van der Waals surface area contributed by atoms with E-state index in [-0.39, 0.29) is 11.5 Å². The number of hydrogen-bond acceptors (Lipinski definition) is 3. The molecule has 3 nitrogen and oxygen atoms in total. The summed E-state index contributed by atoms with van der Waals surface area (Å²) in [6.07, 6.45) is 5.52. The number of pyridine rings is 1. The van der Waals surface area contributed by atoms with Crippen molar-refractivity contribution in [2.24, 2.45) is 0 Å². The molecule has 1 atom stereocenters. The van der Waals surface area contributed by atoms with Gasteiger partial charge in [-0.3, -0.25) is 9.78 Å². The molecule has 0 bridgehead atoms. The summed E-state index contributed by atoms with van der Waals surface area (Å²) in [5.74, 6) is 0.350. The van der Waals surface area contributed by atoms with E-state index in [2.05, 4.69) is 37.1 Å². The monoisotopic (exact) mass is 260 g/mol. The number of nitrogens with zero attached hydrogens (tertiary/aromatic N) is 1. The second kappa shape index (κ2) is 5.83. The Labute approximate surface area is 115 Å². The van der Waals surface area contributed by atoms with Crippen molar-refractivity contribution in [1.29, 1.82) is 0 Å². The fourth-order valence-corrected chi connectivity index (χ4v) is 2.66. The average Bonchev–Trinajstić information content (AvgIpc) is 2.36. The Kier molecular flexibility index (Phi) is 4.35. The van der Waals surface area contributed by atoms with Crippen LogP contribution in [0.2, 0.25) is 0 Å². The van der Waals surface area contributed by atoms with Gasteiger partial charge in [0.15, 0.2) is 0 Å². The highest BCUT2D eigenvalue weighted by Crippen LogP contribution is 2.31. The Hall–Kier alpha value is -1.22. The highest BCUT2D eigenvalue weighted by atomic mass is 16.1. The quantitative estimate of drug-likeness (QED) is 0.905. The lowest BCUT2D eigenvalue weighted by atomic mass is 9.83. The number of ketones is 1. The Morgan fingerprint density at radius 2 is 2.26 bits per heavy atom. The number of aryl methyl sites for hydroxylation is 1. The molecule has 2 rings (SSSR count). The summed E-state index contributed by atoms with van der Waals surface area (Å²) in [6, 6.07) is 4.07. The van der Waals surface area contributed by atoms with E-state index in [1.54, 1.807) is 6.20 Å². The van der Waals surface area contributed by atoms with Gasteiger partial charge in [0.05, 0.1) is 11.6 Å².